The molecular formula is C21H34NO5P. The van der Waals surface area contributed by atoms with Gasteiger partial charge in [-0.1, -0.05) is 42.5 Å². The number of ether oxygens (including phenoxy) is 1. The topological polar surface area (TPSA) is 73.9 Å². The second-order valence-corrected chi connectivity index (χ2v) is 9.44. The van der Waals surface area contributed by atoms with Gasteiger partial charge >= 0.3 is 13.7 Å². The Hall–Kier alpha value is -1.62. The first-order valence-electron chi connectivity index (χ1n) is 9.75. The monoisotopic (exact) mass is 411 g/mol. The van der Waals surface area contributed by atoms with E-state index in [4.69, 9.17) is 13.8 Å². The smallest absolute Gasteiger partial charge is 0.408 e. The molecule has 1 N–H and O–H groups in total. The molecule has 1 rings (SSSR count). The fraction of sp³-hybridized carbons (Fsp3) is 0.571. The van der Waals surface area contributed by atoms with Crippen molar-refractivity contribution < 1.29 is 23.1 Å². The summed E-state index contributed by atoms with van der Waals surface area (Å²) in [4.78, 5) is 12.2. The molecule has 28 heavy (non-hydrogen) atoms. The van der Waals surface area contributed by atoms with Gasteiger partial charge in [-0.3, -0.25) is 4.57 Å². The fourth-order valence-corrected chi connectivity index (χ4v) is 3.98. The molecule has 0 aromatic heterocycles. The Morgan fingerprint density at radius 2 is 1.75 bits per heavy atom. The molecule has 158 valence electrons. The molecule has 0 spiro atoms. The summed E-state index contributed by atoms with van der Waals surface area (Å²) in [5.41, 5.74) is 0.610. The Balaban J connectivity index is 2.77. The summed E-state index contributed by atoms with van der Waals surface area (Å²) in [6, 6.07) is 9.79. The van der Waals surface area contributed by atoms with Crippen molar-refractivity contribution in [2.75, 3.05) is 19.4 Å². The van der Waals surface area contributed by atoms with E-state index in [0.717, 1.165) is 6.42 Å². The standard InChI is InChI=1S/C21H34NO5P/c1-6-25-28(24,26-7-2)17-11-14-19(22-20(23)27-21(3,4)5)16-15-18-12-9-8-10-13-18/h8-14,19H,6-7,15-17H2,1-5H3,(H,22,23)/t19-/m1/s1. The van der Waals surface area contributed by atoms with Crippen molar-refractivity contribution in [3.63, 3.8) is 0 Å². The zero-order chi connectivity index (χ0) is 21.0. The van der Waals surface area contributed by atoms with Gasteiger partial charge in [-0.15, -0.1) is 0 Å². The Labute approximate surface area is 169 Å². The van der Waals surface area contributed by atoms with Crippen molar-refractivity contribution in [2.45, 2.75) is 59.1 Å². The van der Waals surface area contributed by atoms with Crippen molar-refractivity contribution >= 4 is 13.7 Å². The normalized spacial score (nSPS) is 13.5. The number of nitrogens with one attached hydrogen (secondary N) is 1. The zero-order valence-corrected chi connectivity index (χ0v) is 18.5. The number of carbonyl (C=O) groups is 1. The van der Waals surface area contributed by atoms with Crippen LogP contribution in [0.15, 0.2) is 42.5 Å². The van der Waals surface area contributed by atoms with Crippen LogP contribution in [0.5, 0.6) is 0 Å². The third kappa shape index (κ3) is 10.6. The van der Waals surface area contributed by atoms with Crippen molar-refractivity contribution in [1.82, 2.24) is 5.32 Å². The molecule has 0 aliphatic carbocycles. The van der Waals surface area contributed by atoms with Crippen molar-refractivity contribution in [3.05, 3.63) is 48.0 Å². The van der Waals surface area contributed by atoms with Gasteiger partial charge < -0.3 is 19.1 Å². The van der Waals surface area contributed by atoms with E-state index >= 15 is 0 Å². The van der Waals surface area contributed by atoms with Crippen LogP contribution >= 0.6 is 7.60 Å². The third-order valence-electron chi connectivity index (χ3n) is 3.64. The van der Waals surface area contributed by atoms with E-state index in [-0.39, 0.29) is 12.2 Å². The summed E-state index contributed by atoms with van der Waals surface area (Å²) < 4.78 is 28.5. The predicted molar refractivity (Wildman–Crippen MR) is 113 cm³/mol. The van der Waals surface area contributed by atoms with Crippen LogP contribution in [0.1, 0.15) is 46.6 Å². The molecule has 0 unspecified atom stereocenters. The first-order chi connectivity index (χ1) is 13.2. The number of benzene rings is 1. The van der Waals surface area contributed by atoms with Crippen LogP contribution < -0.4 is 5.32 Å². The Morgan fingerprint density at radius 1 is 1.14 bits per heavy atom. The molecule has 0 radical (unpaired) electrons. The minimum atomic E-state index is -3.15. The summed E-state index contributed by atoms with van der Waals surface area (Å²) in [5, 5.41) is 2.87. The van der Waals surface area contributed by atoms with Crippen LogP contribution in [0, 0.1) is 0 Å². The van der Waals surface area contributed by atoms with Crippen molar-refractivity contribution in [2.24, 2.45) is 0 Å². The quantitative estimate of drug-likeness (QED) is 0.393. The summed E-state index contributed by atoms with van der Waals surface area (Å²) in [7, 11) is -3.15. The summed E-state index contributed by atoms with van der Waals surface area (Å²) in [6.45, 7) is 9.66. The molecule has 1 aromatic rings. The SMILES string of the molecule is CCOP(=O)(CC=C[C@H](CCc1ccccc1)NC(=O)OC(C)(C)C)OCC. The lowest BCUT2D eigenvalue weighted by Crippen LogP contribution is -2.38. The molecule has 6 nitrogen and oxygen atoms in total. The van der Waals surface area contributed by atoms with E-state index in [2.05, 4.69) is 5.32 Å². The van der Waals surface area contributed by atoms with Crippen molar-refractivity contribution in [3.8, 4) is 0 Å². The van der Waals surface area contributed by atoms with E-state index in [1.54, 1.807) is 19.9 Å². The molecule has 0 aliphatic rings. The average molecular weight is 411 g/mol. The van der Waals surface area contributed by atoms with E-state index in [1.165, 1.54) is 5.56 Å². The van der Waals surface area contributed by atoms with Crippen molar-refractivity contribution in [1.29, 1.82) is 0 Å². The third-order valence-corrected chi connectivity index (χ3v) is 5.60. The van der Waals surface area contributed by atoms with Crippen LogP contribution in [0.25, 0.3) is 0 Å². The van der Waals surface area contributed by atoms with Gasteiger partial charge in [0.2, 0.25) is 0 Å². The number of amides is 1. The molecule has 0 aliphatic heterocycles. The summed E-state index contributed by atoms with van der Waals surface area (Å²) in [6.07, 6.45) is 4.74. The number of rotatable bonds is 11. The Bertz CT molecular complexity index is 645. The minimum absolute atomic E-state index is 0.159. The molecule has 7 heteroatoms. The van der Waals surface area contributed by atoms with Gasteiger partial charge in [-0.25, -0.2) is 4.79 Å². The number of carbonyl (C=O) groups excluding carboxylic acids is 1. The van der Waals surface area contributed by atoms with Gasteiger partial charge in [0.25, 0.3) is 0 Å². The molecule has 1 aromatic carbocycles. The van der Waals surface area contributed by atoms with Gasteiger partial charge in [0.1, 0.15) is 5.60 Å². The Kier molecular flexibility index (Phi) is 10.5. The van der Waals surface area contributed by atoms with Crippen LogP contribution in [0.3, 0.4) is 0 Å². The lowest BCUT2D eigenvalue weighted by atomic mass is 10.1. The molecule has 0 saturated heterocycles. The lowest BCUT2D eigenvalue weighted by Gasteiger charge is -2.22. The molecular weight excluding hydrogens is 377 g/mol. The molecule has 0 bridgehead atoms. The predicted octanol–water partition coefficient (Wildman–Crippen LogP) is 5.33. The van der Waals surface area contributed by atoms with Gasteiger partial charge in [0.15, 0.2) is 0 Å². The highest BCUT2D eigenvalue weighted by molar-refractivity contribution is 7.54. The van der Waals surface area contributed by atoms with E-state index < -0.39 is 19.3 Å². The first kappa shape index (κ1) is 24.4. The highest BCUT2D eigenvalue weighted by Crippen LogP contribution is 2.47. The van der Waals surface area contributed by atoms with Gasteiger partial charge in [-0.05, 0) is 53.0 Å². The van der Waals surface area contributed by atoms with Crippen LogP contribution in [-0.2, 0) is 24.8 Å². The zero-order valence-electron chi connectivity index (χ0n) is 17.6. The first-order valence-corrected chi connectivity index (χ1v) is 11.5. The van der Waals surface area contributed by atoms with E-state index in [9.17, 15) is 9.36 Å². The Morgan fingerprint density at radius 3 is 2.29 bits per heavy atom. The highest BCUT2D eigenvalue weighted by Gasteiger charge is 2.22. The second-order valence-electron chi connectivity index (χ2n) is 7.33. The number of allylic oxidation sites excluding steroid dienone is 1. The average Bonchev–Trinajstić information content (AvgIpc) is 2.59. The highest BCUT2D eigenvalue weighted by atomic mass is 31.2. The summed E-state index contributed by atoms with van der Waals surface area (Å²) >= 11 is 0. The molecule has 0 heterocycles. The maximum absolute atomic E-state index is 12.6. The van der Waals surface area contributed by atoms with Gasteiger partial charge in [-0.2, -0.15) is 0 Å². The van der Waals surface area contributed by atoms with Crippen LogP contribution in [-0.4, -0.2) is 37.1 Å². The minimum Gasteiger partial charge on any atom is -0.444 e. The lowest BCUT2D eigenvalue weighted by molar-refractivity contribution is 0.0512. The molecule has 0 saturated carbocycles. The largest absolute Gasteiger partial charge is 0.444 e. The fourth-order valence-electron chi connectivity index (χ4n) is 2.53. The second kappa shape index (κ2) is 12.1. The van der Waals surface area contributed by atoms with Crippen LogP contribution in [0.4, 0.5) is 4.79 Å². The summed E-state index contributed by atoms with van der Waals surface area (Å²) in [5.74, 6) is 0. The van der Waals surface area contributed by atoms with E-state index in [1.807, 2.05) is 57.2 Å². The molecule has 0 fully saturated rings. The number of hydrogen-bond acceptors (Lipinski definition) is 5. The van der Waals surface area contributed by atoms with Gasteiger partial charge in [0.05, 0.1) is 25.4 Å². The van der Waals surface area contributed by atoms with Crippen LogP contribution in [0.2, 0.25) is 0 Å². The maximum Gasteiger partial charge on any atom is 0.408 e. The maximum atomic E-state index is 12.6. The number of alkyl carbamates (subject to hydrolysis) is 1. The molecule has 1 amide bonds. The van der Waals surface area contributed by atoms with E-state index in [0.29, 0.717) is 19.6 Å². The number of aryl methyl sites for hydroxylation is 1. The molecule has 1 atom stereocenters. The van der Waals surface area contributed by atoms with Gasteiger partial charge in [0, 0.05) is 0 Å². The number of hydrogen-bond donors (Lipinski definition) is 1.